The summed E-state index contributed by atoms with van der Waals surface area (Å²) < 4.78 is 18.4. The van der Waals surface area contributed by atoms with Gasteiger partial charge in [-0.1, -0.05) is 18.5 Å². The number of halogens is 2. The van der Waals surface area contributed by atoms with E-state index in [1.54, 1.807) is 6.92 Å². The second kappa shape index (κ2) is 4.62. The van der Waals surface area contributed by atoms with Gasteiger partial charge in [-0.25, -0.2) is 4.39 Å². The van der Waals surface area contributed by atoms with Crippen molar-refractivity contribution in [1.29, 1.82) is 0 Å². The molecule has 0 radical (unpaired) electrons. The molecule has 0 spiro atoms. The number of ether oxygens (including phenoxy) is 1. The van der Waals surface area contributed by atoms with Crippen LogP contribution in [-0.2, 0) is 0 Å². The lowest BCUT2D eigenvalue weighted by Gasteiger charge is -2.13. The van der Waals surface area contributed by atoms with Gasteiger partial charge in [0.15, 0.2) is 11.6 Å². The van der Waals surface area contributed by atoms with Gasteiger partial charge in [0, 0.05) is 10.6 Å². The Morgan fingerprint density at radius 2 is 2.21 bits per heavy atom. The summed E-state index contributed by atoms with van der Waals surface area (Å²) in [5.74, 6) is -0.494. The molecule has 0 aliphatic rings. The van der Waals surface area contributed by atoms with E-state index in [9.17, 15) is 9.50 Å². The molecule has 1 atom stereocenters. The van der Waals surface area contributed by atoms with Crippen LogP contribution in [0.25, 0.3) is 0 Å². The number of hydrogen-bond acceptors (Lipinski definition) is 2. The minimum absolute atomic E-state index is 0.0944. The minimum atomic E-state index is -0.891. The van der Waals surface area contributed by atoms with E-state index in [2.05, 4.69) is 0 Å². The van der Waals surface area contributed by atoms with Gasteiger partial charge in [-0.3, -0.25) is 0 Å². The van der Waals surface area contributed by atoms with Crippen molar-refractivity contribution in [2.45, 2.75) is 19.4 Å². The summed E-state index contributed by atoms with van der Waals surface area (Å²) in [5.41, 5.74) is 0.105. The summed E-state index contributed by atoms with van der Waals surface area (Å²) in [5, 5.41) is 9.75. The van der Waals surface area contributed by atoms with Crippen LogP contribution in [0.5, 0.6) is 5.75 Å². The summed E-state index contributed by atoms with van der Waals surface area (Å²) in [7, 11) is 1.37. The zero-order valence-electron chi connectivity index (χ0n) is 8.05. The van der Waals surface area contributed by atoms with E-state index in [-0.39, 0.29) is 16.3 Å². The third kappa shape index (κ3) is 1.99. The van der Waals surface area contributed by atoms with E-state index in [0.717, 1.165) is 0 Å². The number of aliphatic hydroxyl groups excluding tert-OH is 1. The Hall–Kier alpha value is -0.800. The highest BCUT2D eigenvalue weighted by Crippen LogP contribution is 2.32. The molecule has 0 saturated carbocycles. The fraction of sp³-hybridized carbons (Fsp3) is 0.400. The van der Waals surface area contributed by atoms with Crippen molar-refractivity contribution < 1.29 is 14.2 Å². The predicted molar refractivity (Wildman–Crippen MR) is 53.2 cm³/mol. The number of rotatable bonds is 3. The van der Waals surface area contributed by atoms with E-state index < -0.39 is 11.9 Å². The average Bonchev–Trinajstić information content (AvgIpc) is 2.18. The highest BCUT2D eigenvalue weighted by molar-refractivity contribution is 6.31. The van der Waals surface area contributed by atoms with Gasteiger partial charge in [-0.15, -0.1) is 0 Å². The first kappa shape index (κ1) is 11.3. The molecular formula is C10H12ClFO2. The molecule has 0 aliphatic heterocycles. The van der Waals surface area contributed by atoms with E-state index in [4.69, 9.17) is 16.3 Å². The Bertz CT molecular complexity index is 328. The fourth-order valence-electron chi connectivity index (χ4n) is 1.22. The van der Waals surface area contributed by atoms with Crippen molar-refractivity contribution in [2.24, 2.45) is 0 Å². The summed E-state index contributed by atoms with van der Waals surface area (Å²) in [6.45, 7) is 1.75. The molecule has 0 aliphatic carbocycles. The summed E-state index contributed by atoms with van der Waals surface area (Å²) in [6.07, 6.45) is -0.485. The molecule has 2 nitrogen and oxygen atoms in total. The van der Waals surface area contributed by atoms with E-state index in [1.807, 2.05) is 0 Å². The smallest absolute Gasteiger partial charge is 0.172 e. The molecule has 0 fully saturated rings. The maximum absolute atomic E-state index is 13.6. The molecule has 1 rings (SSSR count). The third-order valence-corrected chi connectivity index (χ3v) is 2.36. The largest absolute Gasteiger partial charge is 0.494 e. The van der Waals surface area contributed by atoms with Gasteiger partial charge in [0.25, 0.3) is 0 Å². The van der Waals surface area contributed by atoms with Crippen LogP contribution in [0.3, 0.4) is 0 Å². The zero-order valence-corrected chi connectivity index (χ0v) is 8.81. The van der Waals surface area contributed by atoms with Crippen LogP contribution < -0.4 is 4.74 Å². The maximum atomic E-state index is 13.6. The summed E-state index contributed by atoms with van der Waals surface area (Å²) in [6, 6.07) is 2.95. The van der Waals surface area contributed by atoms with Gasteiger partial charge in [0.2, 0.25) is 0 Å². The monoisotopic (exact) mass is 218 g/mol. The van der Waals surface area contributed by atoms with Crippen molar-refractivity contribution in [1.82, 2.24) is 0 Å². The molecule has 1 aromatic carbocycles. The molecule has 0 amide bonds. The lowest BCUT2D eigenvalue weighted by molar-refractivity contribution is 0.168. The van der Waals surface area contributed by atoms with E-state index in [0.29, 0.717) is 6.42 Å². The fourth-order valence-corrected chi connectivity index (χ4v) is 1.49. The van der Waals surface area contributed by atoms with E-state index >= 15 is 0 Å². The molecule has 0 heterocycles. The maximum Gasteiger partial charge on any atom is 0.172 e. The lowest BCUT2D eigenvalue weighted by atomic mass is 10.1. The van der Waals surface area contributed by atoms with E-state index in [1.165, 1.54) is 19.2 Å². The highest BCUT2D eigenvalue weighted by atomic mass is 35.5. The van der Waals surface area contributed by atoms with Crippen LogP contribution in [-0.4, -0.2) is 12.2 Å². The second-order valence-electron chi connectivity index (χ2n) is 2.90. The highest BCUT2D eigenvalue weighted by Gasteiger charge is 2.18. The molecule has 0 aromatic heterocycles. The van der Waals surface area contributed by atoms with Crippen LogP contribution in [0.2, 0.25) is 5.02 Å². The number of aliphatic hydroxyl groups is 1. The molecular weight excluding hydrogens is 207 g/mol. The Kier molecular flexibility index (Phi) is 3.72. The van der Waals surface area contributed by atoms with Gasteiger partial charge in [-0.2, -0.15) is 0 Å². The second-order valence-corrected chi connectivity index (χ2v) is 3.31. The Morgan fingerprint density at radius 3 is 2.71 bits per heavy atom. The normalized spacial score (nSPS) is 12.6. The van der Waals surface area contributed by atoms with Crippen LogP contribution in [0.15, 0.2) is 12.1 Å². The standard InChI is InChI=1S/C10H12ClFO2/c1-3-7(13)9-6(11)4-5-8(14-2)10(9)12/h4-5,7,13H,3H2,1-2H3. The minimum Gasteiger partial charge on any atom is -0.494 e. The topological polar surface area (TPSA) is 29.5 Å². The third-order valence-electron chi connectivity index (χ3n) is 2.03. The van der Waals surface area contributed by atoms with Gasteiger partial charge in [0.1, 0.15) is 0 Å². The van der Waals surface area contributed by atoms with Crippen LogP contribution in [0, 0.1) is 5.82 Å². The van der Waals surface area contributed by atoms with Crippen LogP contribution in [0.1, 0.15) is 25.0 Å². The predicted octanol–water partition coefficient (Wildman–Crippen LogP) is 2.93. The summed E-state index contributed by atoms with van der Waals surface area (Å²) in [4.78, 5) is 0. The lowest BCUT2D eigenvalue weighted by Crippen LogP contribution is -2.02. The van der Waals surface area contributed by atoms with Gasteiger partial charge >= 0.3 is 0 Å². The molecule has 14 heavy (non-hydrogen) atoms. The van der Waals surface area contributed by atoms with Gasteiger partial charge < -0.3 is 9.84 Å². The van der Waals surface area contributed by atoms with Gasteiger partial charge in [-0.05, 0) is 18.6 Å². The van der Waals surface area contributed by atoms with Crippen molar-refractivity contribution in [3.63, 3.8) is 0 Å². The first-order chi connectivity index (χ1) is 6.61. The average molecular weight is 219 g/mol. The van der Waals surface area contributed by atoms with Crippen molar-refractivity contribution in [3.8, 4) is 5.75 Å². The molecule has 1 N–H and O–H groups in total. The van der Waals surface area contributed by atoms with Crippen molar-refractivity contribution in [2.75, 3.05) is 7.11 Å². The molecule has 4 heteroatoms. The van der Waals surface area contributed by atoms with Crippen molar-refractivity contribution >= 4 is 11.6 Å². The van der Waals surface area contributed by atoms with Gasteiger partial charge in [0.05, 0.1) is 13.2 Å². The molecule has 78 valence electrons. The molecule has 1 aromatic rings. The number of methoxy groups -OCH3 is 1. The number of benzene rings is 1. The SMILES string of the molecule is CCC(O)c1c(Cl)ccc(OC)c1F. The van der Waals surface area contributed by atoms with Crippen molar-refractivity contribution in [3.05, 3.63) is 28.5 Å². The molecule has 1 unspecified atom stereocenters. The molecule has 0 saturated heterocycles. The Labute approximate surface area is 87.3 Å². The quantitative estimate of drug-likeness (QED) is 0.845. The Balaban J connectivity index is 3.25. The Morgan fingerprint density at radius 1 is 1.57 bits per heavy atom. The number of hydrogen-bond donors (Lipinski definition) is 1. The first-order valence-electron chi connectivity index (χ1n) is 4.31. The van der Waals surface area contributed by atoms with Crippen LogP contribution >= 0.6 is 11.6 Å². The van der Waals surface area contributed by atoms with Crippen LogP contribution in [0.4, 0.5) is 4.39 Å². The summed E-state index contributed by atoms with van der Waals surface area (Å²) >= 11 is 5.78. The molecule has 0 bridgehead atoms. The first-order valence-corrected chi connectivity index (χ1v) is 4.69. The zero-order chi connectivity index (χ0) is 10.7.